The number of ether oxygens (including phenoxy) is 2. The van der Waals surface area contributed by atoms with Crippen molar-refractivity contribution in [2.24, 2.45) is 23.2 Å². The molecule has 1 radical (unpaired) electrons. The van der Waals surface area contributed by atoms with Gasteiger partial charge in [-0.05, 0) is 97.5 Å². The maximum atomic E-state index is 14.4. The van der Waals surface area contributed by atoms with Gasteiger partial charge in [0, 0.05) is 74.9 Å². The normalized spacial score (nSPS) is 28.2. The highest BCUT2D eigenvalue weighted by molar-refractivity contribution is 6.88. The minimum atomic E-state index is -2.12. The lowest BCUT2D eigenvalue weighted by molar-refractivity contribution is -0.153. The Morgan fingerprint density at radius 1 is 1.12 bits per heavy atom. The second-order valence-electron chi connectivity index (χ2n) is 18.7. The number of methoxy groups -OCH3 is 1. The Bertz CT molecular complexity index is 2190. The summed E-state index contributed by atoms with van der Waals surface area (Å²) in [6.07, 6.45) is 6.96. The number of hydrogen-bond donors (Lipinski definition) is 2. The number of nitrogens with one attached hydrogen (secondary N) is 2. The molecule has 9 rings (SSSR count). The zero-order valence-corrected chi connectivity index (χ0v) is 36.8. The highest BCUT2D eigenvalue weighted by Gasteiger charge is 2.49. The number of benzene rings is 1. The molecule has 3 aliphatic carbocycles. The number of carbonyl (C=O) groups excluding carboxylic acids is 3. The van der Waals surface area contributed by atoms with Crippen LogP contribution in [0.5, 0.6) is 0 Å². The van der Waals surface area contributed by atoms with Crippen molar-refractivity contribution in [2.75, 3.05) is 58.4 Å². The average Bonchev–Trinajstić information content (AvgIpc) is 3.90. The number of anilines is 1. The summed E-state index contributed by atoms with van der Waals surface area (Å²) in [4.78, 5) is 55.1. The van der Waals surface area contributed by atoms with Gasteiger partial charge in [0.15, 0.2) is 0 Å². The summed E-state index contributed by atoms with van der Waals surface area (Å²) in [6.45, 7) is 16.3. The smallest absolute Gasteiger partial charge is 0.324 e. The number of cyclic esters (lactones) is 1. The number of hydrazine groups is 1. The molecule has 6 bridgehead atoms. The minimum absolute atomic E-state index is 0.0362. The molecule has 2 unspecified atom stereocenters. The number of likely N-dealkylation sites (N-methyl/N-ethyl adjacent to an activating group) is 1. The number of piperazine rings is 1. The van der Waals surface area contributed by atoms with Crippen molar-refractivity contribution in [1.82, 2.24) is 29.9 Å². The van der Waals surface area contributed by atoms with Gasteiger partial charge in [0.2, 0.25) is 11.4 Å². The van der Waals surface area contributed by atoms with Crippen molar-refractivity contribution >= 4 is 43.7 Å². The second-order valence-corrected chi connectivity index (χ2v) is 20.7. The van der Waals surface area contributed by atoms with Crippen molar-refractivity contribution in [3.63, 3.8) is 0 Å². The van der Waals surface area contributed by atoms with Crippen LogP contribution >= 0.6 is 0 Å². The number of amides is 2. The molecule has 3 aliphatic heterocycles. The highest BCUT2D eigenvalue weighted by Crippen LogP contribution is 2.58. The van der Waals surface area contributed by atoms with Gasteiger partial charge in [-0.3, -0.25) is 24.4 Å². The van der Waals surface area contributed by atoms with Crippen molar-refractivity contribution < 1.29 is 23.9 Å². The molecule has 12 nitrogen and oxygen atoms in total. The first-order valence-electron chi connectivity index (χ1n) is 21.8. The third kappa shape index (κ3) is 7.25. The van der Waals surface area contributed by atoms with E-state index in [4.69, 9.17) is 14.5 Å². The van der Waals surface area contributed by atoms with Gasteiger partial charge in [-0.15, -0.1) is 0 Å². The van der Waals surface area contributed by atoms with E-state index in [1.165, 1.54) is 28.1 Å². The van der Waals surface area contributed by atoms with Gasteiger partial charge in [-0.2, -0.15) is 0 Å². The fraction of sp³-hybridized carbons (Fsp3) is 0.565. The first-order valence-corrected chi connectivity index (χ1v) is 23.5. The van der Waals surface area contributed by atoms with E-state index in [-0.39, 0.29) is 47.9 Å². The molecular formula is C46H60N7O5Si. The number of pyridine rings is 1. The van der Waals surface area contributed by atoms with Crippen LogP contribution in [0.2, 0.25) is 0 Å². The Morgan fingerprint density at radius 2 is 1.90 bits per heavy atom. The lowest BCUT2D eigenvalue weighted by Gasteiger charge is -2.43. The van der Waals surface area contributed by atoms with Crippen molar-refractivity contribution in [3.8, 4) is 11.3 Å². The van der Waals surface area contributed by atoms with Crippen LogP contribution in [0.3, 0.4) is 0 Å². The van der Waals surface area contributed by atoms with Crippen LogP contribution in [0.25, 0.3) is 22.9 Å². The van der Waals surface area contributed by atoms with Gasteiger partial charge in [0.25, 0.3) is 8.96 Å². The molecule has 313 valence electrons. The molecule has 5 heterocycles. The summed E-state index contributed by atoms with van der Waals surface area (Å²) in [6, 6.07) is 10.7. The summed E-state index contributed by atoms with van der Waals surface area (Å²) in [5, 5.41) is 1.58. The van der Waals surface area contributed by atoms with Crippen molar-refractivity contribution in [3.05, 3.63) is 70.2 Å². The molecule has 1 aromatic carbocycles. The van der Waals surface area contributed by atoms with E-state index in [0.717, 1.165) is 73.6 Å². The fourth-order valence-corrected chi connectivity index (χ4v) is 12.4. The molecule has 6 atom stereocenters. The number of fused-ring (bicyclic) bond motifs is 7. The lowest BCUT2D eigenvalue weighted by atomic mass is 9.66. The Labute approximate surface area is 350 Å². The molecule has 2 amide bonds. The van der Waals surface area contributed by atoms with Gasteiger partial charge in [-0.25, -0.2) is 5.43 Å². The van der Waals surface area contributed by atoms with Gasteiger partial charge in [0.05, 0.1) is 29.9 Å². The van der Waals surface area contributed by atoms with Crippen molar-refractivity contribution in [1.29, 1.82) is 0 Å². The number of aromatic nitrogens is 2. The maximum absolute atomic E-state index is 14.4. The Hall–Kier alpha value is -4.30. The summed E-state index contributed by atoms with van der Waals surface area (Å²) in [7, 11) is 1.84. The first kappa shape index (κ1) is 40.1. The lowest BCUT2D eigenvalue weighted by Crippen LogP contribution is -2.62. The van der Waals surface area contributed by atoms with Crippen LogP contribution in [0.1, 0.15) is 99.5 Å². The van der Waals surface area contributed by atoms with Gasteiger partial charge < -0.3 is 28.8 Å². The number of allylic oxidation sites excluding steroid dienone is 1. The third-order valence-electron chi connectivity index (χ3n) is 14.0. The minimum Gasteiger partial charge on any atom is -0.464 e. The number of nitrogens with zero attached hydrogens (tertiary/aromatic N) is 5. The van der Waals surface area contributed by atoms with E-state index in [9.17, 15) is 14.4 Å². The van der Waals surface area contributed by atoms with Crippen LogP contribution in [0, 0.1) is 23.2 Å². The van der Waals surface area contributed by atoms with Gasteiger partial charge >= 0.3 is 5.97 Å². The molecule has 3 fully saturated rings. The van der Waals surface area contributed by atoms with E-state index in [2.05, 4.69) is 103 Å². The molecule has 59 heavy (non-hydrogen) atoms. The molecule has 3 aromatic rings. The van der Waals surface area contributed by atoms with Gasteiger partial charge in [0.1, 0.15) is 12.1 Å². The third-order valence-corrected chi connectivity index (χ3v) is 16.1. The van der Waals surface area contributed by atoms with Crippen LogP contribution < -0.4 is 15.3 Å². The van der Waals surface area contributed by atoms with E-state index in [0.29, 0.717) is 31.3 Å². The molecular weight excluding hydrogens is 759 g/mol. The molecule has 13 heteroatoms. The fourth-order valence-electron chi connectivity index (χ4n) is 10.5. The zero-order valence-electron chi connectivity index (χ0n) is 35.8. The predicted octanol–water partition coefficient (Wildman–Crippen LogP) is 5.94. The topological polar surface area (TPSA) is 121 Å². The van der Waals surface area contributed by atoms with E-state index in [1.807, 2.05) is 6.20 Å². The maximum Gasteiger partial charge on any atom is 0.324 e. The average molecular weight is 819 g/mol. The van der Waals surface area contributed by atoms with E-state index in [1.54, 1.807) is 12.1 Å². The summed E-state index contributed by atoms with van der Waals surface area (Å²) in [5.41, 5.74) is 14.0. The zero-order chi connectivity index (χ0) is 41.3. The van der Waals surface area contributed by atoms with Crippen LogP contribution in [0.15, 0.2) is 36.5 Å². The van der Waals surface area contributed by atoms with Crippen LogP contribution in [-0.4, -0.2) is 105 Å². The van der Waals surface area contributed by atoms with Crippen molar-refractivity contribution in [2.45, 2.75) is 91.0 Å². The first-order chi connectivity index (χ1) is 28.4. The van der Waals surface area contributed by atoms with Crippen LogP contribution in [-0.2, 0) is 38.1 Å². The SMILES string of the molecule is CCn1c2c3c4c1-c1cc(N5CCN(C)CC5)cnc1[C@@H](OC)C4C(C)(C)COC(=O)[C@@H]1CCCN(N1)C(=O)[Si](NC(=O)[C@H]1C[C@@H]1C)Cc1cccc(c1)C(=C3)C(C)C2. The Morgan fingerprint density at radius 3 is 2.63 bits per heavy atom. The molecule has 2 N–H and O–H groups in total. The quantitative estimate of drug-likeness (QED) is 0.238. The molecule has 2 saturated heterocycles. The highest BCUT2D eigenvalue weighted by atomic mass is 28.3. The van der Waals surface area contributed by atoms with E-state index >= 15 is 0 Å². The summed E-state index contributed by atoms with van der Waals surface area (Å²) < 4.78 is 15.4. The summed E-state index contributed by atoms with van der Waals surface area (Å²) >= 11 is 0. The number of hydrogen-bond acceptors (Lipinski definition) is 9. The monoisotopic (exact) mass is 818 g/mol. The van der Waals surface area contributed by atoms with E-state index < -0.39 is 20.4 Å². The summed E-state index contributed by atoms with van der Waals surface area (Å²) in [5.74, 6) is -0.104. The molecule has 0 spiro atoms. The van der Waals surface area contributed by atoms with Gasteiger partial charge in [-0.1, -0.05) is 52.0 Å². The second kappa shape index (κ2) is 15.6. The molecule has 2 aromatic heterocycles. The predicted molar refractivity (Wildman–Crippen MR) is 231 cm³/mol. The number of esters is 1. The molecule has 1 saturated carbocycles. The Kier molecular flexibility index (Phi) is 10.6. The standard InChI is InChI=1S/C46H60N7O5Si/c1-8-52-37-20-28(3)32-23-34(37)38-39(42(57-7)40-35(41(38)52)22-31(24-47-40)51-17-15-50(6)16-18-51)46(4,5)26-58-44(55)36-13-10-14-53(48-36)45(56)59(49-43(54)33-19-27(33)2)25-29-11-9-12-30(32)21-29/h9,11-12,21-24,27-28,33,36,39,42,48H,8,10,13-20,25-26H2,1-7H3,(H,49,54)/t27-,28?,33-,36-,39?,42-/m0/s1. The number of rotatable bonds is 5. The largest absolute Gasteiger partial charge is 0.464 e. The van der Waals surface area contributed by atoms with Crippen LogP contribution in [0.4, 0.5) is 10.5 Å². The Balaban J connectivity index is 1.21. The number of carbonyl (C=O) groups is 3. The molecule has 6 aliphatic rings.